The van der Waals surface area contributed by atoms with Crippen LogP contribution in [0.4, 0.5) is 0 Å². The molecular formula is C21H24N2O2. The molecule has 3 heterocycles. The fraction of sp³-hybridized carbons (Fsp3) is 0.429. The second-order valence-electron chi connectivity index (χ2n) is 7.03. The van der Waals surface area contributed by atoms with Gasteiger partial charge in [-0.15, -0.1) is 0 Å². The van der Waals surface area contributed by atoms with Gasteiger partial charge >= 0.3 is 0 Å². The van der Waals surface area contributed by atoms with Gasteiger partial charge in [-0.2, -0.15) is 0 Å². The molecule has 0 aliphatic carbocycles. The topological polar surface area (TPSA) is 42.4 Å². The first-order valence-corrected chi connectivity index (χ1v) is 9.16. The van der Waals surface area contributed by atoms with Gasteiger partial charge in [-0.05, 0) is 54.5 Å². The van der Waals surface area contributed by atoms with E-state index in [4.69, 9.17) is 4.74 Å². The van der Waals surface area contributed by atoms with Crippen LogP contribution in [0.1, 0.15) is 35.6 Å². The molecule has 2 unspecified atom stereocenters. The van der Waals surface area contributed by atoms with Crippen LogP contribution in [0.3, 0.4) is 0 Å². The van der Waals surface area contributed by atoms with Gasteiger partial charge in [-0.1, -0.05) is 18.2 Å². The van der Waals surface area contributed by atoms with E-state index >= 15 is 0 Å². The molecule has 0 bridgehead atoms. The van der Waals surface area contributed by atoms with E-state index in [1.807, 2.05) is 18.3 Å². The summed E-state index contributed by atoms with van der Waals surface area (Å²) >= 11 is 0. The van der Waals surface area contributed by atoms with Crippen LogP contribution in [-0.4, -0.2) is 41.9 Å². The fourth-order valence-corrected chi connectivity index (χ4v) is 4.17. The molecule has 130 valence electrons. The van der Waals surface area contributed by atoms with Gasteiger partial charge < -0.3 is 9.53 Å². The second kappa shape index (κ2) is 7.36. The summed E-state index contributed by atoms with van der Waals surface area (Å²) < 4.78 is 5.62. The Labute approximate surface area is 148 Å². The third-order valence-corrected chi connectivity index (χ3v) is 5.48. The lowest BCUT2D eigenvalue weighted by molar-refractivity contribution is -0.109. The Morgan fingerprint density at radius 3 is 3.08 bits per heavy atom. The molecule has 1 aromatic heterocycles. The van der Waals surface area contributed by atoms with Gasteiger partial charge in [-0.3, -0.25) is 9.88 Å². The number of carbonyl (C=O) groups excluding carboxylic acids is 1. The van der Waals surface area contributed by atoms with Crippen molar-refractivity contribution in [2.45, 2.75) is 37.6 Å². The van der Waals surface area contributed by atoms with Crippen LogP contribution in [0.15, 0.2) is 42.6 Å². The predicted octanol–water partition coefficient (Wildman–Crippen LogP) is 3.01. The number of aromatic nitrogens is 1. The maximum Gasteiger partial charge on any atom is 0.133 e. The summed E-state index contributed by atoms with van der Waals surface area (Å²) in [6.45, 7) is 2.29. The molecule has 4 rings (SSSR count). The minimum Gasteiger partial charge on any atom is -0.493 e. The number of rotatable bonds is 6. The minimum absolute atomic E-state index is 0.446. The number of ether oxygens (including phenoxy) is 1. The first-order valence-electron chi connectivity index (χ1n) is 9.16. The highest BCUT2D eigenvalue weighted by molar-refractivity contribution is 5.52. The quantitative estimate of drug-likeness (QED) is 0.761. The van der Waals surface area contributed by atoms with E-state index in [-0.39, 0.29) is 0 Å². The Morgan fingerprint density at radius 2 is 2.24 bits per heavy atom. The van der Waals surface area contributed by atoms with Crippen molar-refractivity contribution in [3.8, 4) is 5.75 Å². The van der Waals surface area contributed by atoms with Gasteiger partial charge in [-0.25, -0.2) is 0 Å². The van der Waals surface area contributed by atoms with Crippen LogP contribution >= 0.6 is 0 Å². The average Bonchev–Trinajstić information content (AvgIpc) is 3.27. The van der Waals surface area contributed by atoms with E-state index in [1.54, 1.807) is 0 Å². The lowest BCUT2D eigenvalue weighted by Gasteiger charge is -2.21. The molecule has 1 saturated heterocycles. The Kier molecular flexibility index (Phi) is 4.79. The SMILES string of the molecule is O=CCN1CC(c2ccc3c(c2)CCO3)CC1CCc1ccccn1. The van der Waals surface area contributed by atoms with E-state index in [0.717, 1.165) is 56.6 Å². The molecule has 2 aromatic rings. The highest BCUT2D eigenvalue weighted by Crippen LogP contribution is 2.36. The third kappa shape index (κ3) is 3.59. The van der Waals surface area contributed by atoms with Crippen LogP contribution < -0.4 is 4.74 Å². The largest absolute Gasteiger partial charge is 0.493 e. The predicted molar refractivity (Wildman–Crippen MR) is 97.0 cm³/mol. The molecule has 0 spiro atoms. The fourth-order valence-electron chi connectivity index (χ4n) is 4.17. The smallest absolute Gasteiger partial charge is 0.133 e. The number of aryl methyl sites for hydroxylation is 1. The van der Waals surface area contributed by atoms with Crippen LogP contribution in [0.2, 0.25) is 0 Å². The molecule has 2 aliphatic heterocycles. The normalized spacial score (nSPS) is 22.6. The number of benzene rings is 1. The Bertz CT molecular complexity index is 732. The summed E-state index contributed by atoms with van der Waals surface area (Å²) in [5, 5.41) is 0. The van der Waals surface area contributed by atoms with Crippen LogP contribution in [0.25, 0.3) is 0 Å². The summed E-state index contributed by atoms with van der Waals surface area (Å²) in [4.78, 5) is 17.9. The van der Waals surface area contributed by atoms with Crippen molar-refractivity contribution in [3.05, 3.63) is 59.4 Å². The van der Waals surface area contributed by atoms with Crippen molar-refractivity contribution in [2.75, 3.05) is 19.7 Å². The van der Waals surface area contributed by atoms with Gasteiger partial charge in [0.25, 0.3) is 0 Å². The molecule has 0 amide bonds. The summed E-state index contributed by atoms with van der Waals surface area (Å²) in [5.41, 5.74) is 3.85. The third-order valence-electron chi connectivity index (χ3n) is 5.48. The number of hydrogen-bond acceptors (Lipinski definition) is 4. The molecule has 4 heteroatoms. The zero-order chi connectivity index (χ0) is 17.1. The summed E-state index contributed by atoms with van der Waals surface area (Å²) in [6.07, 6.45) is 7.02. The van der Waals surface area contributed by atoms with E-state index in [1.165, 1.54) is 11.1 Å². The molecule has 0 radical (unpaired) electrons. The Balaban J connectivity index is 1.45. The molecule has 1 aromatic carbocycles. The van der Waals surface area contributed by atoms with E-state index in [2.05, 4.69) is 34.1 Å². The molecule has 2 aliphatic rings. The molecule has 1 fully saturated rings. The molecule has 2 atom stereocenters. The monoisotopic (exact) mass is 336 g/mol. The van der Waals surface area contributed by atoms with E-state index in [0.29, 0.717) is 18.5 Å². The number of fused-ring (bicyclic) bond motifs is 1. The van der Waals surface area contributed by atoms with Crippen molar-refractivity contribution in [1.82, 2.24) is 9.88 Å². The summed E-state index contributed by atoms with van der Waals surface area (Å²) in [7, 11) is 0. The number of pyridine rings is 1. The van der Waals surface area contributed by atoms with Crippen molar-refractivity contribution >= 4 is 6.29 Å². The van der Waals surface area contributed by atoms with Crippen molar-refractivity contribution in [2.24, 2.45) is 0 Å². The number of nitrogens with zero attached hydrogens (tertiary/aromatic N) is 2. The van der Waals surface area contributed by atoms with Gasteiger partial charge in [0.2, 0.25) is 0 Å². The number of likely N-dealkylation sites (tertiary alicyclic amines) is 1. The second-order valence-corrected chi connectivity index (χ2v) is 7.03. The molecule has 0 saturated carbocycles. The highest BCUT2D eigenvalue weighted by Gasteiger charge is 2.32. The highest BCUT2D eigenvalue weighted by atomic mass is 16.5. The zero-order valence-electron chi connectivity index (χ0n) is 14.4. The van der Waals surface area contributed by atoms with Crippen LogP contribution in [0.5, 0.6) is 5.75 Å². The van der Waals surface area contributed by atoms with Gasteiger partial charge in [0.15, 0.2) is 0 Å². The van der Waals surface area contributed by atoms with Crippen LogP contribution in [0, 0.1) is 0 Å². The lowest BCUT2D eigenvalue weighted by atomic mass is 9.93. The number of hydrogen-bond donors (Lipinski definition) is 0. The minimum atomic E-state index is 0.446. The van der Waals surface area contributed by atoms with Gasteiger partial charge in [0.1, 0.15) is 12.0 Å². The lowest BCUT2D eigenvalue weighted by Crippen LogP contribution is -2.31. The maximum atomic E-state index is 11.1. The maximum absolute atomic E-state index is 11.1. The van der Waals surface area contributed by atoms with Crippen LogP contribution in [-0.2, 0) is 17.6 Å². The van der Waals surface area contributed by atoms with E-state index < -0.39 is 0 Å². The van der Waals surface area contributed by atoms with Crippen molar-refractivity contribution < 1.29 is 9.53 Å². The summed E-state index contributed by atoms with van der Waals surface area (Å²) in [6, 6.07) is 13.1. The van der Waals surface area contributed by atoms with Crippen molar-refractivity contribution in [1.29, 1.82) is 0 Å². The molecule has 4 nitrogen and oxygen atoms in total. The Morgan fingerprint density at radius 1 is 1.28 bits per heavy atom. The molecule has 0 N–H and O–H groups in total. The van der Waals surface area contributed by atoms with Gasteiger partial charge in [0.05, 0.1) is 13.2 Å². The zero-order valence-corrected chi connectivity index (χ0v) is 14.4. The summed E-state index contributed by atoms with van der Waals surface area (Å²) in [5.74, 6) is 1.54. The number of carbonyl (C=O) groups is 1. The van der Waals surface area contributed by atoms with Crippen molar-refractivity contribution in [3.63, 3.8) is 0 Å². The van der Waals surface area contributed by atoms with E-state index in [9.17, 15) is 4.79 Å². The first kappa shape index (κ1) is 16.3. The first-order chi connectivity index (χ1) is 12.3. The standard InChI is InChI=1S/C21H24N2O2/c24-11-10-23-15-18(16-4-7-21-17(13-16)8-12-25-21)14-20(23)6-5-19-3-1-2-9-22-19/h1-4,7,9,11,13,18,20H,5-6,8,10,12,14-15H2. The van der Waals surface area contributed by atoms with Gasteiger partial charge in [0, 0.05) is 30.9 Å². The average molecular weight is 336 g/mol. The number of aldehydes is 1. The molecule has 25 heavy (non-hydrogen) atoms. The Hall–Kier alpha value is -2.20. The molecular weight excluding hydrogens is 312 g/mol.